The number of carbonyl (C=O) groups excluding carboxylic acids is 2. The number of nitrogens with one attached hydrogen (secondary N) is 2. The van der Waals surface area contributed by atoms with Gasteiger partial charge in [0.25, 0.3) is 0 Å². The minimum Gasteiger partial charge on any atom is -0.462 e. The molecule has 1 aliphatic carbocycles. The van der Waals surface area contributed by atoms with Crippen molar-refractivity contribution in [2.75, 3.05) is 6.54 Å². The molecule has 24 heavy (non-hydrogen) atoms. The van der Waals surface area contributed by atoms with E-state index in [4.69, 9.17) is 4.74 Å². The molecule has 2 amide bonds. The van der Waals surface area contributed by atoms with Gasteiger partial charge in [0.15, 0.2) is 0 Å². The highest BCUT2D eigenvalue weighted by atomic mass is 19.1. The number of hydrogen-bond acceptors (Lipinski definition) is 3. The lowest BCUT2D eigenvalue weighted by molar-refractivity contribution is -0.152. The van der Waals surface area contributed by atoms with Crippen molar-refractivity contribution in [1.29, 1.82) is 0 Å². The fourth-order valence-corrected chi connectivity index (χ4v) is 2.90. The van der Waals surface area contributed by atoms with Crippen LogP contribution in [0.2, 0.25) is 0 Å². The lowest BCUT2D eigenvalue weighted by Crippen LogP contribution is -2.44. The zero-order chi connectivity index (χ0) is 17.5. The third kappa shape index (κ3) is 5.22. The largest absolute Gasteiger partial charge is 0.462 e. The summed E-state index contributed by atoms with van der Waals surface area (Å²) in [7, 11) is 0. The van der Waals surface area contributed by atoms with Crippen molar-refractivity contribution in [3.05, 3.63) is 35.6 Å². The Morgan fingerprint density at radius 3 is 2.62 bits per heavy atom. The Morgan fingerprint density at radius 2 is 2.00 bits per heavy atom. The molecule has 1 fully saturated rings. The first-order valence-corrected chi connectivity index (χ1v) is 8.50. The Labute approximate surface area is 142 Å². The van der Waals surface area contributed by atoms with Gasteiger partial charge in [0.05, 0.1) is 5.92 Å². The van der Waals surface area contributed by atoms with Crippen LogP contribution < -0.4 is 10.6 Å². The Morgan fingerprint density at radius 1 is 1.29 bits per heavy atom. The summed E-state index contributed by atoms with van der Waals surface area (Å²) in [4.78, 5) is 23.7. The lowest BCUT2D eigenvalue weighted by atomic mass is 9.92. The average Bonchev–Trinajstić information content (AvgIpc) is 2.56. The summed E-state index contributed by atoms with van der Waals surface area (Å²) in [5, 5.41) is 5.62. The Kier molecular flexibility index (Phi) is 6.58. The van der Waals surface area contributed by atoms with Crippen molar-refractivity contribution in [2.24, 2.45) is 0 Å². The van der Waals surface area contributed by atoms with Crippen LogP contribution in [0.15, 0.2) is 24.3 Å². The van der Waals surface area contributed by atoms with E-state index in [0.717, 1.165) is 25.7 Å². The molecule has 0 unspecified atom stereocenters. The molecule has 2 N–H and O–H groups in total. The molecule has 0 aromatic heterocycles. The summed E-state index contributed by atoms with van der Waals surface area (Å²) in [5.41, 5.74) is 0.617. The van der Waals surface area contributed by atoms with Crippen LogP contribution in [0.25, 0.3) is 0 Å². The summed E-state index contributed by atoms with van der Waals surface area (Å²) in [5.74, 6) is -1.18. The molecule has 6 heteroatoms. The van der Waals surface area contributed by atoms with Crippen molar-refractivity contribution < 1.29 is 18.7 Å². The molecule has 1 aromatic carbocycles. The van der Waals surface area contributed by atoms with E-state index in [0.29, 0.717) is 12.1 Å². The van der Waals surface area contributed by atoms with Crippen LogP contribution in [0.3, 0.4) is 0 Å². The lowest BCUT2D eigenvalue weighted by Gasteiger charge is -2.29. The molecule has 0 heterocycles. The summed E-state index contributed by atoms with van der Waals surface area (Å²) >= 11 is 0. The maximum absolute atomic E-state index is 13.3. The van der Waals surface area contributed by atoms with Gasteiger partial charge in [-0.2, -0.15) is 0 Å². The second-order valence-electron chi connectivity index (χ2n) is 6.19. The first kappa shape index (κ1) is 18.2. The summed E-state index contributed by atoms with van der Waals surface area (Å²) in [6.45, 7) is 4.19. The predicted octanol–water partition coefficient (Wildman–Crippen LogP) is 3.10. The van der Waals surface area contributed by atoms with Crippen LogP contribution in [0.5, 0.6) is 0 Å². The van der Waals surface area contributed by atoms with Gasteiger partial charge in [-0.3, -0.25) is 4.79 Å². The van der Waals surface area contributed by atoms with E-state index in [2.05, 4.69) is 10.6 Å². The number of hydrogen-bond donors (Lipinski definition) is 2. The van der Waals surface area contributed by atoms with Gasteiger partial charge in [-0.15, -0.1) is 0 Å². The molecule has 0 aliphatic heterocycles. The highest BCUT2D eigenvalue weighted by Gasteiger charge is 2.27. The molecule has 1 saturated carbocycles. The predicted molar refractivity (Wildman–Crippen MR) is 89.2 cm³/mol. The summed E-state index contributed by atoms with van der Waals surface area (Å²) in [6.07, 6.45) is 2.87. The molecule has 5 nitrogen and oxygen atoms in total. The topological polar surface area (TPSA) is 67.4 Å². The van der Waals surface area contributed by atoms with Crippen molar-refractivity contribution in [3.8, 4) is 0 Å². The van der Waals surface area contributed by atoms with Crippen LogP contribution >= 0.6 is 0 Å². The van der Waals surface area contributed by atoms with Gasteiger partial charge < -0.3 is 15.4 Å². The molecule has 1 atom stereocenters. The van der Waals surface area contributed by atoms with Crippen LogP contribution in [-0.4, -0.2) is 30.7 Å². The quantitative estimate of drug-likeness (QED) is 0.812. The number of urea groups is 1. The van der Waals surface area contributed by atoms with Gasteiger partial charge in [0.1, 0.15) is 11.9 Å². The van der Waals surface area contributed by atoms with E-state index in [9.17, 15) is 14.0 Å². The number of ether oxygens (including phenoxy) is 1. The number of benzene rings is 1. The van der Waals surface area contributed by atoms with Gasteiger partial charge in [0, 0.05) is 12.6 Å². The van der Waals surface area contributed by atoms with E-state index in [-0.39, 0.29) is 30.0 Å². The zero-order valence-corrected chi connectivity index (χ0v) is 14.2. The van der Waals surface area contributed by atoms with Gasteiger partial charge in [0.2, 0.25) is 0 Å². The SMILES string of the molecule is CCNC(=O)NC1CCC(OC(=O)[C@@H](C)c2cccc(F)c2)CC1. The minimum absolute atomic E-state index is 0.118. The Hall–Kier alpha value is -2.11. The number of esters is 1. The first-order chi connectivity index (χ1) is 11.5. The third-order valence-corrected chi connectivity index (χ3v) is 4.33. The monoisotopic (exact) mass is 336 g/mol. The maximum atomic E-state index is 13.3. The molecule has 1 aromatic rings. The highest BCUT2D eigenvalue weighted by molar-refractivity contribution is 5.77. The maximum Gasteiger partial charge on any atom is 0.314 e. The molecule has 0 radical (unpaired) electrons. The molecular formula is C18H25FN2O3. The van der Waals surface area contributed by atoms with E-state index < -0.39 is 5.92 Å². The number of rotatable bonds is 5. The van der Waals surface area contributed by atoms with Crippen molar-refractivity contribution in [2.45, 2.75) is 57.6 Å². The molecule has 1 aliphatic rings. The van der Waals surface area contributed by atoms with Crippen LogP contribution in [-0.2, 0) is 9.53 Å². The summed E-state index contributed by atoms with van der Waals surface area (Å²) < 4.78 is 18.8. The molecule has 2 rings (SSSR count). The van der Waals surface area contributed by atoms with E-state index in [1.54, 1.807) is 19.1 Å². The molecular weight excluding hydrogens is 311 g/mol. The Bertz CT molecular complexity index is 571. The van der Waals surface area contributed by atoms with Crippen molar-refractivity contribution in [3.63, 3.8) is 0 Å². The zero-order valence-electron chi connectivity index (χ0n) is 14.2. The minimum atomic E-state index is -0.494. The smallest absolute Gasteiger partial charge is 0.314 e. The van der Waals surface area contributed by atoms with Gasteiger partial charge in [-0.1, -0.05) is 12.1 Å². The number of halogens is 1. The van der Waals surface area contributed by atoms with Gasteiger partial charge in [-0.25, -0.2) is 9.18 Å². The standard InChI is InChI=1S/C18H25FN2O3/c1-3-20-18(23)21-15-7-9-16(10-8-15)24-17(22)12(2)13-5-4-6-14(19)11-13/h4-6,11-12,15-16H,3,7-10H2,1-2H3,(H2,20,21,23)/t12-,15?,16?/m0/s1. The molecule has 0 saturated heterocycles. The van der Waals surface area contributed by atoms with E-state index in [1.807, 2.05) is 6.92 Å². The fraction of sp³-hybridized carbons (Fsp3) is 0.556. The van der Waals surface area contributed by atoms with Crippen LogP contribution in [0.4, 0.5) is 9.18 Å². The summed E-state index contributed by atoms with van der Waals surface area (Å²) in [6, 6.07) is 5.99. The fourth-order valence-electron chi connectivity index (χ4n) is 2.90. The second kappa shape index (κ2) is 8.66. The Balaban J connectivity index is 1.79. The van der Waals surface area contributed by atoms with Crippen LogP contribution in [0, 0.1) is 5.82 Å². The highest BCUT2D eigenvalue weighted by Crippen LogP contribution is 2.24. The second-order valence-corrected chi connectivity index (χ2v) is 6.19. The van der Waals surface area contributed by atoms with Gasteiger partial charge in [-0.05, 0) is 57.2 Å². The molecule has 0 bridgehead atoms. The first-order valence-electron chi connectivity index (χ1n) is 8.50. The number of carbonyl (C=O) groups is 2. The van der Waals surface area contributed by atoms with Crippen molar-refractivity contribution >= 4 is 12.0 Å². The van der Waals surface area contributed by atoms with Gasteiger partial charge >= 0.3 is 12.0 Å². The van der Waals surface area contributed by atoms with Crippen molar-refractivity contribution in [1.82, 2.24) is 10.6 Å². The van der Waals surface area contributed by atoms with E-state index >= 15 is 0 Å². The average molecular weight is 336 g/mol. The third-order valence-electron chi connectivity index (χ3n) is 4.33. The number of amides is 2. The molecule has 0 spiro atoms. The normalized spacial score (nSPS) is 21.6. The molecule has 132 valence electrons. The van der Waals surface area contributed by atoms with E-state index in [1.165, 1.54) is 12.1 Å². The van der Waals surface area contributed by atoms with Crippen LogP contribution in [0.1, 0.15) is 51.0 Å².